The molecule has 0 aliphatic carbocycles. The van der Waals surface area contributed by atoms with Crippen molar-refractivity contribution in [2.24, 2.45) is 0 Å². The van der Waals surface area contributed by atoms with Gasteiger partial charge in [-0.2, -0.15) is 13.2 Å². The van der Waals surface area contributed by atoms with Gasteiger partial charge in [-0.05, 0) is 0 Å². The Morgan fingerprint density at radius 3 is 2.54 bits per heavy atom. The molecule has 0 spiro atoms. The summed E-state index contributed by atoms with van der Waals surface area (Å²) in [6.45, 7) is -1.59. The molecule has 0 bridgehead atoms. The predicted molar refractivity (Wildman–Crippen MR) is 38.0 cm³/mol. The highest BCUT2D eigenvalue weighted by Crippen LogP contribution is 2.14. The van der Waals surface area contributed by atoms with E-state index < -0.39 is 18.8 Å². The van der Waals surface area contributed by atoms with Gasteiger partial charge in [0.15, 0.2) is 0 Å². The van der Waals surface area contributed by atoms with Crippen LogP contribution in [0.25, 0.3) is 0 Å². The molecule has 0 heterocycles. The average molecular weight is 198 g/mol. The highest BCUT2D eigenvalue weighted by atomic mass is 19.4. The fraction of sp³-hybridized carbons (Fsp3) is 0.571. The highest BCUT2D eigenvalue weighted by Gasteiger charge is 2.26. The summed E-state index contributed by atoms with van der Waals surface area (Å²) >= 11 is 0. The Kier molecular flexibility index (Phi) is 5.13. The summed E-state index contributed by atoms with van der Waals surface area (Å²) < 4.78 is 42.8. The predicted octanol–water partition coefficient (Wildman–Crippen LogP) is 1.29. The summed E-state index contributed by atoms with van der Waals surface area (Å²) in [6, 6.07) is 0. The molecule has 0 aromatic heterocycles. The lowest BCUT2D eigenvalue weighted by Gasteiger charge is -2.04. The van der Waals surface area contributed by atoms with Gasteiger partial charge in [-0.15, -0.1) is 0 Å². The summed E-state index contributed by atoms with van der Waals surface area (Å²) in [5.74, 6) is -0.629. The molecule has 0 atom stereocenters. The summed E-state index contributed by atoms with van der Waals surface area (Å²) in [7, 11) is 1.17. The van der Waals surface area contributed by atoms with E-state index >= 15 is 0 Å². The third kappa shape index (κ3) is 8.87. The molecule has 13 heavy (non-hydrogen) atoms. The van der Waals surface area contributed by atoms with Crippen molar-refractivity contribution in [2.45, 2.75) is 6.18 Å². The van der Waals surface area contributed by atoms with E-state index in [1.165, 1.54) is 7.11 Å². The Hall–Kier alpha value is -1.04. The molecule has 6 heteroatoms. The number of carbonyl (C=O) groups excluding carboxylic acids is 1. The first kappa shape index (κ1) is 12.0. The minimum Gasteiger partial charge on any atom is -0.466 e. The van der Waals surface area contributed by atoms with Gasteiger partial charge in [0.05, 0.1) is 13.7 Å². The highest BCUT2D eigenvalue weighted by molar-refractivity contribution is 5.81. The first-order chi connectivity index (χ1) is 5.95. The maximum absolute atomic E-state index is 11.5. The molecule has 0 saturated carbocycles. The number of rotatable bonds is 4. The standard InChI is InChI=1S/C7H9F3O3/c1-12-6(11)3-2-4-13-5-7(8,9)10/h2-3H,4-5H2,1H3/b3-2-. The van der Waals surface area contributed by atoms with Crippen LogP contribution in [-0.4, -0.2) is 32.5 Å². The van der Waals surface area contributed by atoms with Crippen LogP contribution in [0.5, 0.6) is 0 Å². The zero-order chi connectivity index (χ0) is 10.3. The van der Waals surface area contributed by atoms with Gasteiger partial charge in [0.1, 0.15) is 6.61 Å². The van der Waals surface area contributed by atoms with Gasteiger partial charge >= 0.3 is 12.1 Å². The largest absolute Gasteiger partial charge is 0.466 e. The molecule has 0 fully saturated rings. The Balaban J connectivity index is 3.46. The van der Waals surface area contributed by atoms with Crippen LogP contribution in [0.2, 0.25) is 0 Å². The molecule has 0 N–H and O–H groups in total. The number of esters is 1. The quantitative estimate of drug-likeness (QED) is 0.388. The number of methoxy groups -OCH3 is 1. The van der Waals surface area contributed by atoms with Gasteiger partial charge in [0, 0.05) is 6.08 Å². The second-order valence-corrected chi connectivity index (χ2v) is 2.06. The van der Waals surface area contributed by atoms with Crippen molar-refractivity contribution in [3.8, 4) is 0 Å². The van der Waals surface area contributed by atoms with E-state index in [9.17, 15) is 18.0 Å². The zero-order valence-electron chi connectivity index (χ0n) is 6.93. The maximum atomic E-state index is 11.5. The molecule has 0 amide bonds. The Morgan fingerprint density at radius 2 is 2.08 bits per heavy atom. The molecule has 0 rings (SSSR count). The summed E-state index contributed by atoms with van der Waals surface area (Å²) in [5, 5.41) is 0. The smallest absolute Gasteiger partial charge is 0.411 e. The molecule has 0 aromatic carbocycles. The fourth-order valence-electron chi connectivity index (χ4n) is 0.455. The number of carbonyl (C=O) groups is 1. The van der Waals surface area contributed by atoms with Crippen LogP contribution in [0.3, 0.4) is 0 Å². The van der Waals surface area contributed by atoms with E-state index in [4.69, 9.17) is 0 Å². The average Bonchev–Trinajstić information content (AvgIpc) is 2.01. The van der Waals surface area contributed by atoms with Crippen molar-refractivity contribution in [1.82, 2.24) is 0 Å². The van der Waals surface area contributed by atoms with Crippen molar-refractivity contribution in [3.05, 3.63) is 12.2 Å². The van der Waals surface area contributed by atoms with E-state index in [2.05, 4.69) is 9.47 Å². The number of halogens is 3. The Morgan fingerprint density at radius 1 is 1.46 bits per heavy atom. The maximum Gasteiger partial charge on any atom is 0.411 e. The fourth-order valence-corrected chi connectivity index (χ4v) is 0.455. The minimum absolute atomic E-state index is 0.269. The molecule has 0 aliphatic heterocycles. The number of hydrogen-bond acceptors (Lipinski definition) is 3. The first-order valence-electron chi connectivity index (χ1n) is 3.34. The van der Waals surface area contributed by atoms with Crippen LogP contribution in [0.4, 0.5) is 13.2 Å². The van der Waals surface area contributed by atoms with E-state index in [-0.39, 0.29) is 6.61 Å². The molecule has 76 valence electrons. The molecule has 0 radical (unpaired) electrons. The van der Waals surface area contributed by atoms with Crippen LogP contribution in [-0.2, 0) is 14.3 Å². The molecule has 0 aromatic rings. The van der Waals surface area contributed by atoms with E-state index in [1.807, 2.05) is 0 Å². The first-order valence-corrected chi connectivity index (χ1v) is 3.34. The Bertz CT molecular complexity index is 186. The lowest BCUT2D eigenvalue weighted by Crippen LogP contribution is -2.16. The van der Waals surface area contributed by atoms with Crippen LogP contribution in [0.1, 0.15) is 0 Å². The molecular weight excluding hydrogens is 189 g/mol. The Labute approximate surface area is 73.1 Å². The molecular formula is C7H9F3O3. The van der Waals surface area contributed by atoms with Crippen molar-refractivity contribution in [1.29, 1.82) is 0 Å². The number of alkyl halides is 3. The lowest BCUT2D eigenvalue weighted by molar-refractivity contribution is -0.171. The monoisotopic (exact) mass is 198 g/mol. The lowest BCUT2D eigenvalue weighted by atomic mass is 10.5. The second kappa shape index (κ2) is 5.58. The zero-order valence-corrected chi connectivity index (χ0v) is 6.93. The van der Waals surface area contributed by atoms with Gasteiger partial charge < -0.3 is 9.47 Å². The third-order valence-corrected chi connectivity index (χ3v) is 0.935. The van der Waals surface area contributed by atoms with E-state index in [0.29, 0.717) is 0 Å². The molecule has 0 aliphatic rings. The topological polar surface area (TPSA) is 35.5 Å². The van der Waals surface area contributed by atoms with Gasteiger partial charge in [-0.25, -0.2) is 4.79 Å². The molecule has 0 unspecified atom stereocenters. The third-order valence-electron chi connectivity index (χ3n) is 0.935. The SMILES string of the molecule is COC(=O)/C=C\COCC(F)(F)F. The summed E-state index contributed by atoms with van der Waals surface area (Å²) in [5.41, 5.74) is 0. The normalized spacial score (nSPS) is 12.0. The van der Waals surface area contributed by atoms with Crippen LogP contribution < -0.4 is 0 Å². The van der Waals surface area contributed by atoms with Crippen LogP contribution in [0, 0.1) is 0 Å². The van der Waals surface area contributed by atoms with Crippen LogP contribution >= 0.6 is 0 Å². The van der Waals surface area contributed by atoms with Gasteiger partial charge in [0.25, 0.3) is 0 Å². The number of ether oxygens (including phenoxy) is 2. The van der Waals surface area contributed by atoms with Crippen molar-refractivity contribution in [2.75, 3.05) is 20.3 Å². The van der Waals surface area contributed by atoms with Crippen molar-refractivity contribution < 1.29 is 27.4 Å². The van der Waals surface area contributed by atoms with Gasteiger partial charge in [0.2, 0.25) is 0 Å². The van der Waals surface area contributed by atoms with Gasteiger partial charge in [-0.3, -0.25) is 0 Å². The van der Waals surface area contributed by atoms with Gasteiger partial charge in [-0.1, -0.05) is 6.08 Å². The summed E-state index contributed by atoms with van der Waals surface area (Å²) in [6.07, 6.45) is -2.19. The van der Waals surface area contributed by atoms with E-state index in [0.717, 1.165) is 12.2 Å². The second-order valence-electron chi connectivity index (χ2n) is 2.06. The molecule has 3 nitrogen and oxygen atoms in total. The number of hydrogen-bond donors (Lipinski definition) is 0. The van der Waals surface area contributed by atoms with Crippen molar-refractivity contribution >= 4 is 5.97 Å². The van der Waals surface area contributed by atoms with E-state index in [1.54, 1.807) is 0 Å². The van der Waals surface area contributed by atoms with Crippen molar-refractivity contribution in [3.63, 3.8) is 0 Å². The molecule has 0 saturated heterocycles. The summed E-state index contributed by atoms with van der Waals surface area (Å²) in [4.78, 5) is 10.4. The van der Waals surface area contributed by atoms with Crippen LogP contribution in [0.15, 0.2) is 12.2 Å². The minimum atomic E-state index is -4.33.